The summed E-state index contributed by atoms with van der Waals surface area (Å²) in [5.41, 5.74) is 4.40. The fraction of sp³-hybridized carbons (Fsp3) is 0.250. The van der Waals surface area contributed by atoms with Crippen LogP contribution in [0.1, 0.15) is 42.4 Å². The monoisotopic (exact) mass is 381 g/mol. The molecule has 0 saturated carbocycles. The summed E-state index contributed by atoms with van der Waals surface area (Å²) in [6, 6.07) is 7.40. The Morgan fingerprint density at radius 1 is 1.19 bits per heavy atom. The lowest BCUT2D eigenvalue weighted by Gasteiger charge is -2.26. The molecule has 0 aliphatic carbocycles. The van der Waals surface area contributed by atoms with Crippen LogP contribution in [0.25, 0.3) is 0 Å². The first kappa shape index (κ1) is 17.5. The zero-order valence-electron chi connectivity index (χ0n) is 15.1. The predicted molar refractivity (Wildman–Crippen MR) is 103 cm³/mol. The lowest BCUT2D eigenvalue weighted by Crippen LogP contribution is -2.35. The predicted octanol–water partition coefficient (Wildman–Crippen LogP) is 3.80. The fourth-order valence-electron chi connectivity index (χ4n) is 3.04. The van der Waals surface area contributed by atoms with Gasteiger partial charge in [0.15, 0.2) is 5.13 Å². The SMILES string of the molecule is Cc1ccc(C(=O)N2CCc3nc(NC(=O)c4ccoc4)sc3C2)cc1C. The van der Waals surface area contributed by atoms with Crippen LogP contribution in [0.3, 0.4) is 0 Å². The van der Waals surface area contributed by atoms with Gasteiger partial charge in [0, 0.05) is 23.4 Å². The summed E-state index contributed by atoms with van der Waals surface area (Å²) in [6.07, 6.45) is 3.54. The van der Waals surface area contributed by atoms with E-state index in [-0.39, 0.29) is 11.8 Å². The number of nitrogens with zero attached hydrogens (tertiary/aromatic N) is 2. The van der Waals surface area contributed by atoms with Crippen LogP contribution >= 0.6 is 11.3 Å². The Morgan fingerprint density at radius 2 is 2.04 bits per heavy atom. The number of benzene rings is 1. The Labute approximate surface area is 160 Å². The molecule has 1 aliphatic rings. The highest BCUT2D eigenvalue weighted by molar-refractivity contribution is 7.15. The number of thiazole rings is 1. The number of aryl methyl sites for hydroxylation is 2. The first-order valence-electron chi connectivity index (χ1n) is 8.70. The molecular weight excluding hydrogens is 362 g/mol. The number of aromatic nitrogens is 1. The molecule has 7 heteroatoms. The summed E-state index contributed by atoms with van der Waals surface area (Å²) in [6.45, 7) is 5.18. The highest BCUT2D eigenvalue weighted by Gasteiger charge is 2.25. The van der Waals surface area contributed by atoms with Gasteiger partial charge in [-0.1, -0.05) is 17.4 Å². The second kappa shape index (κ2) is 7.00. The molecule has 0 unspecified atom stereocenters. The molecule has 2 amide bonds. The first-order valence-corrected chi connectivity index (χ1v) is 9.51. The average Bonchev–Trinajstić information content (AvgIpc) is 3.32. The quantitative estimate of drug-likeness (QED) is 0.749. The van der Waals surface area contributed by atoms with Crippen LogP contribution < -0.4 is 5.32 Å². The van der Waals surface area contributed by atoms with E-state index in [2.05, 4.69) is 10.3 Å². The van der Waals surface area contributed by atoms with E-state index in [0.717, 1.165) is 16.1 Å². The first-order chi connectivity index (χ1) is 13.0. The van der Waals surface area contributed by atoms with Gasteiger partial charge >= 0.3 is 0 Å². The smallest absolute Gasteiger partial charge is 0.260 e. The van der Waals surface area contributed by atoms with Crippen molar-refractivity contribution in [1.82, 2.24) is 9.88 Å². The number of nitrogens with one attached hydrogen (secondary N) is 1. The minimum absolute atomic E-state index is 0.0288. The number of amides is 2. The van der Waals surface area contributed by atoms with E-state index in [4.69, 9.17) is 4.42 Å². The number of hydrogen-bond acceptors (Lipinski definition) is 5. The topological polar surface area (TPSA) is 75.4 Å². The standard InChI is InChI=1S/C20H19N3O3S/c1-12-3-4-14(9-13(12)2)19(25)23-7-5-16-17(10-23)27-20(21-16)22-18(24)15-6-8-26-11-15/h3-4,6,8-9,11H,5,7,10H2,1-2H3,(H,21,22,24). The molecule has 138 valence electrons. The Morgan fingerprint density at radius 3 is 2.78 bits per heavy atom. The molecule has 1 aliphatic heterocycles. The molecule has 3 heterocycles. The van der Waals surface area contributed by atoms with Crippen molar-refractivity contribution in [1.29, 1.82) is 0 Å². The van der Waals surface area contributed by atoms with Gasteiger partial charge in [-0.05, 0) is 43.2 Å². The van der Waals surface area contributed by atoms with Gasteiger partial charge in [-0.15, -0.1) is 0 Å². The lowest BCUT2D eigenvalue weighted by atomic mass is 10.0. The van der Waals surface area contributed by atoms with Crippen molar-refractivity contribution in [2.45, 2.75) is 26.8 Å². The molecule has 1 aromatic carbocycles. The van der Waals surface area contributed by atoms with E-state index in [9.17, 15) is 9.59 Å². The highest BCUT2D eigenvalue weighted by atomic mass is 32.1. The molecule has 6 nitrogen and oxygen atoms in total. The summed E-state index contributed by atoms with van der Waals surface area (Å²) >= 11 is 1.42. The van der Waals surface area contributed by atoms with Crippen molar-refractivity contribution >= 4 is 28.3 Å². The third-order valence-electron chi connectivity index (χ3n) is 4.78. The van der Waals surface area contributed by atoms with Crippen LogP contribution in [-0.4, -0.2) is 28.2 Å². The van der Waals surface area contributed by atoms with Gasteiger partial charge in [0.05, 0.1) is 24.1 Å². The Kier molecular flexibility index (Phi) is 4.53. The molecule has 1 N–H and O–H groups in total. The summed E-state index contributed by atoms with van der Waals surface area (Å²) in [7, 11) is 0. The molecule has 4 rings (SSSR count). The van der Waals surface area contributed by atoms with Crippen molar-refractivity contribution < 1.29 is 14.0 Å². The van der Waals surface area contributed by atoms with Crippen LogP contribution in [0.5, 0.6) is 0 Å². The van der Waals surface area contributed by atoms with Crippen molar-refractivity contribution in [2.75, 3.05) is 11.9 Å². The summed E-state index contributed by atoms with van der Waals surface area (Å²) in [5, 5.41) is 3.34. The van der Waals surface area contributed by atoms with Crippen molar-refractivity contribution in [3.05, 3.63) is 69.6 Å². The molecule has 0 bridgehead atoms. The zero-order valence-corrected chi connectivity index (χ0v) is 15.9. The van der Waals surface area contributed by atoms with E-state index in [1.54, 1.807) is 6.07 Å². The van der Waals surface area contributed by atoms with Gasteiger partial charge in [0.25, 0.3) is 11.8 Å². The fourth-order valence-corrected chi connectivity index (χ4v) is 4.06. The maximum atomic E-state index is 12.8. The molecule has 0 fully saturated rings. The van der Waals surface area contributed by atoms with Gasteiger partial charge in [-0.25, -0.2) is 4.98 Å². The largest absolute Gasteiger partial charge is 0.472 e. The number of carbonyl (C=O) groups excluding carboxylic acids is 2. The average molecular weight is 381 g/mol. The van der Waals surface area contributed by atoms with Gasteiger partial charge in [0.1, 0.15) is 6.26 Å². The van der Waals surface area contributed by atoms with Crippen molar-refractivity contribution in [3.63, 3.8) is 0 Å². The molecule has 0 spiro atoms. The summed E-state index contributed by atoms with van der Waals surface area (Å²) in [4.78, 5) is 32.3. The van der Waals surface area contributed by atoms with E-state index in [1.165, 1.54) is 29.4 Å². The number of carbonyl (C=O) groups is 2. The van der Waals surface area contributed by atoms with Crippen molar-refractivity contribution in [2.24, 2.45) is 0 Å². The number of hydrogen-bond donors (Lipinski definition) is 1. The molecule has 3 aromatic rings. The van der Waals surface area contributed by atoms with E-state index in [1.807, 2.05) is 36.9 Å². The highest BCUT2D eigenvalue weighted by Crippen LogP contribution is 2.29. The minimum atomic E-state index is -0.252. The van der Waals surface area contributed by atoms with Crippen LogP contribution in [0.15, 0.2) is 41.2 Å². The number of rotatable bonds is 3. The second-order valence-corrected chi connectivity index (χ2v) is 7.71. The third-order valence-corrected chi connectivity index (χ3v) is 5.77. The number of furan rings is 1. The molecule has 0 radical (unpaired) electrons. The Bertz CT molecular complexity index is 1010. The Balaban J connectivity index is 1.48. The summed E-state index contributed by atoms with van der Waals surface area (Å²) in [5.74, 6) is -0.223. The maximum absolute atomic E-state index is 12.8. The lowest BCUT2D eigenvalue weighted by molar-refractivity contribution is 0.0736. The maximum Gasteiger partial charge on any atom is 0.260 e. The van der Waals surface area contributed by atoms with Crippen LogP contribution in [0, 0.1) is 13.8 Å². The van der Waals surface area contributed by atoms with Crippen LogP contribution in [0.4, 0.5) is 5.13 Å². The van der Waals surface area contributed by atoms with E-state index >= 15 is 0 Å². The van der Waals surface area contributed by atoms with Crippen LogP contribution in [0.2, 0.25) is 0 Å². The molecule has 2 aromatic heterocycles. The van der Waals surface area contributed by atoms with Crippen LogP contribution in [-0.2, 0) is 13.0 Å². The number of fused-ring (bicyclic) bond motifs is 1. The van der Waals surface area contributed by atoms with E-state index in [0.29, 0.717) is 35.8 Å². The molecule has 27 heavy (non-hydrogen) atoms. The summed E-state index contributed by atoms with van der Waals surface area (Å²) < 4.78 is 4.93. The number of anilines is 1. The molecule has 0 atom stereocenters. The minimum Gasteiger partial charge on any atom is -0.472 e. The molecular formula is C20H19N3O3S. The van der Waals surface area contributed by atoms with E-state index < -0.39 is 0 Å². The van der Waals surface area contributed by atoms with Crippen molar-refractivity contribution in [3.8, 4) is 0 Å². The normalized spacial score (nSPS) is 13.3. The van der Waals surface area contributed by atoms with Gasteiger partial charge in [0.2, 0.25) is 0 Å². The Hall–Kier alpha value is -2.93. The third kappa shape index (κ3) is 3.50. The van der Waals surface area contributed by atoms with Gasteiger partial charge < -0.3 is 9.32 Å². The van der Waals surface area contributed by atoms with Gasteiger partial charge in [-0.2, -0.15) is 0 Å². The second-order valence-electron chi connectivity index (χ2n) is 6.63. The molecule has 0 saturated heterocycles. The van der Waals surface area contributed by atoms with Gasteiger partial charge in [-0.3, -0.25) is 14.9 Å². The zero-order chi connectivity index (χ0) is 19.0.